The summed E-state index contributed by atoms with van der Waals surface area (Å²) in [6.07, 6.45) is 2.19. The van der Waals surface area contributed by atoms with E-state index < -0.39 is 0 Å². The van der Waals surface area contributed by atoms with Crippen molar-refractivity contribution in [3.8, 4) is 5.75 Å². The molecule has 0 spiro atoms. The van der Waals surface area contributed by atoms with Gasteiger partial charge in [-0.25, -0.2) is 0 Å². The average Bonchev–Trinajstić information content (AvgIpc) is 3.24. The predicted octanol–water partition coefficient (Wildman–Crippen LogP) is 1.44. The number of nitrogens with one attached hydrogen (secondary N) is 2. The number of carbonyl (C=O) groups excluding carboxylic acids is 1. The Bertz CT molecular complexity index is 526. The van der Waals surface area contributed by atoms with Crippen LogP contribution in [0, 0.1) is 5.41 Å². The van der Waals surface area contributed by atoms with Crippen LogP contribution >= 0.6 is 0 Å². The van der Waals surface area contributed by atoms with Gasteiger partial charge in [0.2, 0.25) is 0 Å². The van der Waals surface area contributed by atoms with Crippen molar-refractivity contribution in [1.29, 1.82) is 0 Å². The van der Waals surface area contributed by atoms with Crippen molar-refractivity contribution in [3.05, 3.63) is 23.8 Å². The first-order valence-corrected chi connectivity index (χ1v) is 7.03. The lowest BCUT2D eigenvalue weighted by Crippen LogP contribution is -2.29. The standard InChI is InChI=1S/C15H20N2O3/c1-10(16-8-15(9-18)4-5-15)11-2-3-13-12(6-11)17-14(19)7-20-13/h2-3,6,10,16,18H,4-5,7-9H2,1H3,(H,17,19). The van der Waals surface area contributed by atoms with Crippen LogP contribution in [-0.2, 0) is 4.79 Å². The van der Waals surface area contributed by atoms with Gasteiger partial charge in [-0.1, -0.05) is 6.07 Å². The topological polar surface area (TPSA) is 70.6 Å². The first kappa shape index (κ1) is 13.4. The summed E-state index contributed by atoms with van der Waals surface area (Å²) in [5, 5.41) is 15.6. The maximum Gasteiger partial charge on any atom is 0.262 e. The van der Waals surface area contributed by atoms with Crippen molar-refractivity contribution in [2.24, 2.45) is 5.41 Å². The minimum Gasteiger partial charge on any atom is -0.482 e. The lowest BCUT2D eigenvalue weighted by atomic mass is 10.0. The van der Waals surface area contributed by atoms with E-state index >= 15 is 0 Å². The van der Waals surface area contributed by atoms with E-state index in [0.717, 1.165) is 36.4 Å². The van der Waals surface area contributed by atoms with Crippen LogP contribution in [0.15, 0.2) is 18.2 Å². The third-order valence-corrected chi connectivity index (χ3v) is 4.21. The maximum atomic E-state index is 11.3. The zero-order chi connectivity index (χ0) is 14.2. The van der Waals surface area contributed by atoms with Crippen LogP contribution in [0.1, 0.15) is 31.4 Å². The lowest BCUT2D eigenvalue weighted by Gasteiger charge is -2.22. The Balaban J connectivity index is 1.67. The Kier molecular flexibility index (Phi) is 3.40. The number of rotatable bonds is 5. The zero-order valence-electron chi connectivity index (χ0n) is 11.6. The summed E-state index contributed by atoms with van der Waals surface area (Å²) in [7, 11) is 0. The number of amides is 1. The molecule has 1 amide bonds. The highest BCUT2D eigenvalue weighted by Crippen LogP contribution is 2.44. The van der Waals surface area contributed by atoms with Gasteiger partial charge < -0.3 is 20.5 Å². The van der Waals surface area contributed by atoms with Crippen LogP contribution in [0.3, 0.4) is 0 Å². The van der Waals surface area contributed by atoms with Gasteiger partial charge in [-0.15, -0.1) is 0 Å². The van der Waals surface area contributed by atoms with Gasteiger partial charge in [0.05, 0.1) is 5.69 Å². The molecule has 0 bridgehead atoms. The lowest BCUT2D eigenvalue weighted by molar-refractivity contribution is -0.118. The van der Waals surface area contributed by atoms with E-state index in [0.29, 0.717) is 0 Å². The van der Waals surface area contributed by atoms with E-state index in [2.05, 4.69) is 17.6 Å². The van der Waals surface area contributed by atoms with Gasteiger partial charge >= 0.3 is 0 Å². The molecule has 3 N–H and O–H groups in total. The molecule has 1 saturated carbocycles. The van der Waals surface area contributed by atoms with Gasteiger partial charge in [-0.05, 0) is 37.5 Å². The quantitative estimate of drug-likeness (QED) is 0.761. The fourth-order valence-electron chi connectivity index (χ4n) is 2.43. The molecule has 1 aliphatic heterocycles. The van der Waals surface area contributed by atoms with Crippen LogP contribution in [-0.4, -0.2) is 30.8 Å². The summed E-state index contributed by atoms with van der Waals surface area (Å²) >= 11 is 0. The molecule has 20 heavy (non-hydrogen) atoms. The summed E-state index contributed by atoms with van der Waals surface area (Å²) in [6, 6.07) is 6.01. The fraction of sp³-hybridized carbons (Fsp3) is 0.533. The van der Waals surface area contributed by atoms with Crippen molar-refractivity contribution in [2.45, 2.75) is 25.8 Å². The van der Waals surface area contributed by atoms with Crippen molar-refractivity contribution in [2.75, 3.05) is 25.1 Å². The van der Waals surface area contributed by atoms with E-state index in [1.807, 2.05) is 18.2 Å². The normalized spacial score (nSPS) is 20.6. The minimum absolute atomic E-state index is 0.0825. The van der Waals surface area contributed by atoms with E-state index in [4.69, 9.17) is 4.74 Å². The summed E-state index contributed by atoms with van der Waals surface area (Å²) in [4.78, 5) is 11.3. The third kappa shape index (κ3) is 2.64. The zero-order valence-corrected chi connectivity index (χ0v) is 11.6. The average molecular weight is 276 g/mol. The fourth-order valence-corrected chi connectivity index (χ4v) is 2.43. The highest BCUT2D eigenvalue weighted by molar-refractivity contribution is 5.95. The number of benzene rings is 1. The van der Waals surface area contributed by atoms with Gasteiger partial charge in [0, 0.05) is 24.6 Å². The number of aliphatic hydroxyl groups excluding tert-OH is 1. The number of aliphatic hydroxyl groups is 1. The second-order valence-corrected chi connectivity index (χ2v) is 5.85. The smallest absolute Gasteiger partial charge is 0.262 e. The third-order valence-electron chi connectivity index (χ3n) is 4.21. The van der Waals surface area contributed by atoms with E-state index in [-0.39, 0.29) is 30.6 Å². The van der Waals surface area contributed by atoms with E-state index in [1.165, 1.54) is 0 Å². The SMILES string of the molecule is CC(NCC1(CO)CC1)c1ccc2c(c1)NC(=O)CO2. The Morgan fingerprint density at radius 1 is 1.50 bits per heavy atom. The van der Waals surface area contributed by atoms with Crippen molar-refractivity contribution in [3.63, 3.8) is 0 Å². The molecule has 1 heterocycles. The Morgan fingerprint density at radius 2 is 2.30 bits per heavy atom. The highest BCUT2D eigenvalue weighted by atomic mass is 16.5. The van der Waals surface area contributed by atoms with Gasteiger partial charge in [0.1, 0.15) is 5.75 Å². The number of hydrogen-bond donors (Lipinski definition) is 3. The number of anilines is 1. The molecule has 1 unspecified atom stereocenters. The largest absolute Gasteiger partial charge is 0.482 e. The molecule has 1 aromatic carbocycles. The summed E-state index contributed by atoms with van der Waals surface area (Å²) < 4.78 is 5.35. The van der Waals surface area contributed by atoms with Gasteiger partial charge in [0.25, 0.3) is 5.91 Å². The second-order valence-electron chi connectivity index (χ2n) is 5.85. The highest BCUT2D eigenvalue weighted by Gasteiger charge is 2.41. The number of fused-ring (bicyclic) bond motifs is 1. The van der Waals surface area contributed by atoms with Crippen LogP contribution in [0.2, 0.25) is 0 Å². The summed E-state index contributed by atoms with van der Waals surface area (Å²) in [5.74, 6) is 0.599. The first-order chi connectivity index (χ1) is 9.62. The molecule has 0 saturated heterocycles. The maximum absolute atomic E-state index is 11.3. The Hall–Kier alpha value is -1.59. The molecule has 2 aliphatic rings. The predicted molar refractivity (Wildman–Crippen MR) is 75.7 cm³/mol. The molecular weight excluding hydrogens is 256 g/mol. The monoisotopic (exact) mass is 276 g/mol. The molecule has 0 aromatic heterocycles. The molecule has 0 radical (unpaired) electrons. The number of hydrogen-bond acceptors (Lipinski definition) is 4. The molecule has 1 atom stereocenters. The molecule has 1 aliphatic carbocycles. The Labute approximate surface area is 118 Å². The van der Waals surface area contributed by atoms with Crippen LogP contribution < -0.4 is 15.4 Å². The Morgan fingerprint density at radius 3 is 3.00 bits per heavy atom. The van der Waals surface area contributed by atoms with Crippen LogP contribution in [0.25, 0.3) is 0 Å². The van der Waals surface area contributed by atoms with Crippen molar-refractivity contribution < 1.29 is 14.6 Å². The second kappa shape index (κ2) is 5.07. The number of carbonyl (C=O) groups is 1. The van der Waals surface area contributed by atoms with Gasteiger partial charge in [-0.2, -0.15) is 0 Å². The minimum atomic E-state index is -0.118. The molecule has 1 fully saturated rings. The van der Waals surface area contributed by atoms with Crippen molar-refractivity contribution in [1.82, 2.24) is 5.32 Å². The molecular formula is C15H20N2O3. The molecule has 5 heteroatoms. The summed E-state index contributed by atoms with van der Waals surface area (Å²) in [6.45, 7) is 3.24. The van der Waals surface area contributed by atoms with Crippen LogP contribution in [0.4, 0.5) is 5.69 Å². The first-order valence-electron chi connectivity index (χ1n) is 7.03. The van der Waals surface area contributed by atoms with E-state index in [9.17, 15) is 9.90 Å². The molecule has 5 nitrogen and oxygen atoms in total. The summed E-state index contributed by atoms with van der Waals surface area (Å²) in [5.41, 5.74) is 1.93. The van der Waals surface area contributed by atoms with Gasteiger partial charge in [-0.3, -0.25) is 4.79 Å². The van der Waals surface area contributed by atoms with Crippen LogP contribution in [0.5, 0.6) is 5.75 Å². The van der Waals surface area contributed by atoms with Crippen molar-refractivity contribution >= 4 is 11.6 Å². The molecule has 1 aromatic rings. The van der Waals surface area contributed by atoms with E-state index in [1.54, 1.807) is 0 Å². The number of ether oxygens (including phenoxy) is 1. The molecule has 108 valence electrons. The van der Waals surface area contributed by atoms with Gasteiger partial charge in [0.15, 0.2) is 6.61 Å². The molecule has 3 rings (SSSR count).